The molecule has 0 spiro atoms. The summed E-state index contributed by atoms with van der Waals surface area (Å²) in [5, 5.41) is 7.48. The van der Waals surface area contributed by atoms with Gasteiger partial charge in [0.15, 0.2) is 17.4 Å². The van der Waals surface area contributed by atoms with Crippen LogP contribution < -0.4 is 20.9 Å². The molecule has 1 heterocycles. The van der Waals surface area contributed by atoms with Crippen LogP contribution in [-0.4, -0.2) is 31.3 Å². The Morgan fingerprint density at radius 3 is 2.44 bits per heavy atom. The maximum Gasteiger partial charge on any atom is 0.167 e. The summed E-state index contributed by atoms with van der Waals surface area (Å²) in [6, 6.07) is 20.5. The first kappa shape index (κ1) is 25.7. The number of rotatable bonds is 10. The van der Waals surface area contributed by atoms with Gasteiger partial charge in [-0.3, -0.25) is 5.01 Å². The summed E-state index contributed by atoms with van der Waals surface area (Å²) in [7, 11) is 1.63. The number of hydrogen-bond donors (Lipinski definition) is 2. The Bertz CT molecular complexity index is 1330. The van der Waals surface area contributed by atoms with Crippen molar-refractivity contribution in [3.8, 4) is 5.75 Å². The van der Waals surface area contributed by atoms with Gasteiger partial charge >= 0.3 is 0 Å². The fraction of sp³-hybridized carbons (Fsp3) is 0.250. The van der Waals surface area contributed by atoms with Gasteiger partial charge in [-0.15, -0.1) is 0 Å². The summed E-state index contributed by atoms with van der Waals surface area (Å²) in [4.78, 5) is 4.92. The van der Waals surface area contributed by atoms with E-state index in [1.54, 1.807) is 24.3 Å². The van der Waals surface area contributed by atoms with E-state index in [-0.39, 0.29) is 11.9 Å². The molecule has 0 saturated carbocycles. The third kappa shape index (κ3) is 6.05. The molecular formula is C28H30ClFN4O2. The molecule has 8 heteroatoms. The van der Waals surface area contributed by atoms with Crippen molar-refractivity contribution in [3.05, 3.63) is 88.7 Å². The summed E-state index contributed by atoms with van der Waals surface area (Å²) in [6.07, 6.45) is 0.462. The first-order chi connectivity index (χ1) is 17.4. The molecule has 0 fully saturated rings. The zero-order valence-corrected chi connectivity index (χ0v) is 21.3. The van der Waals surface area contributed by atoms with Crippen LogP contribution in [0.1, 0.15) is 25.0 Å². The standard InChI is InChI=1S/C28H30ClFN4O2/c1-18(2)36-26-13-12-21(17-25(26)30)32-27-24(16-19-8-10-20(29)11-9-19)22-6-4-5-7-23(22)28(33-27)34(31)14-15-35-3/h4-13,17-18H,14-16,31H2,1-3H3,(H,32,33). The highest BCUT2D eigenvalue weighted by Crippen LogP contribution is 2.35. The summed E-state index contributed by atoms with van der Waals surface area (Å²) in [6.45, 7) is 4.62. The highest BCUT2D eigenvalue weighted by molar-refractivity contribution is 6.30. The van der Waals surface area contributed by atoms with Gasteiger partial charge in [0.25, 0.3) is 0 Å². The average Bonchev–Trinajstić information content (AvgIpc) is 2.86. The van der Waals surface area contributed by atoms with Crippen LogP contribution in [0.15, 0.2) is 66.7 Å². The third-order valence-corrected chi connectivity index (χ3v) is 5.91. The van der Waals surface area contributed by atoms with Crippen LogP contribution in [0.25, 0.3) is 10.8 Å². The highest BCUT2D eigenvalue weighted by Gasteiger charge is 2.18. The van der Waals surface area contributed by atoms with E-state index in [2.05, 4.69) is 5.32 Å². The number of hydrazine groups is 1. The number of nitrogens with zero attached hydrogens (tertiary/aromatic N) is 2. The first-order valence-electron chi connectivity index (χ1n) is 11.8. The molecule has 0 bridgehead atoms. The molecule has 3 aromatic carbocycles. The van der Waals surface area contributed by atoms with Crippen LogP contribution in [0.5, 0.6) is 5.75 Å². The number of aromatic nitrogens is 1. The number of ether oxygens (including phenoxy) is 2. The van der Waals surface area contributed by atoms with Crippen LogP contribution in [0.3, 0.4) is 0 Å². The van der Waals surface area contributed by atoms with Crippen LogP contribution in [0, 0.1) is 5.82 Å². The fourth-order valence-corrected chi connectivity index (χ4v) is 4.10. The molecule has 0 saturated heterocycles. The van der Waals surface area contributed by atoms with Crippen molar-refractivity contribution in [2.24, 2.45) is 5.84 Å². The Kier molecular flexibility index (Phi) is 8.25. The lowest BCUT2D eigenvalue weighted by molar-refractivity contribution is 0.205. The summed E-state index contributed by atoms with van der Waals surface area (Å²) >= 11 is 6.10. The number of fused-ring (bicyclic) bond motifs is 1. The van der Waals surface area contributed by atoms with Gasteiger partial charge in [-0.25, -0.2) is 15.2 Å². The van der Waals surface area contributed by atoms with Gasteiger partial charge in [-0.2, -0.15) is 0 Å². The summed E-state index contributed by atoms with van der Waals surface area (Å²) < 4.78 is 25.5. The van der Waals surface area contributed by atoms with E-state index in [1.165, 1.54) is 6.07 Å². The van der Waals surface area contributed by atoms with E-state index in [0.717, 1.165) is 21.9 Å². The van der Waals surface area contributed by atoms with Gasteiger partial charge in [-0.1, -0.05) is 48.0 Å². The third-order valence-electron chi connectivity index (χ3n) is 5.66. The molecule has 188 valence electrons. The second-order valence-electron chi connectivity index (χ2n) is 8.73. The van der Waals surface area contributed by atoms with E-state index >= 15 is 0 Å². The van der Waals surface area contributed by atoms with Crippen molar-refractivity contribution >= 4 is 39.7 Å². The Hall–Kier alpha value is -3.39. The van der Waals surface area contributed by atoms with Crippen molar-refractivity contribution in [1.29, 1.82) is 0 Å². The molecule has 4 aromatic rings. The van der Waals surface area contributed by atoms with E-state index in [9.17, 15) is 4.39 Å². The number of anilines is 3. The van der Waals surface area contributed by atoms with E-state index in [4.69, 9.17) is 31.9 Å². The Balaban J connectivity index is 1.82. The Morgan fingerprint density at radius 2 is 1.78 bits per heavy atom. The number of methoxy groups -OCH3 is 1. The minimum atomic E-state index is -0.450. The molecule has 1 aromatic heterocycles. The van der Waals surface area contributed by atoms with Gasteiger partial charge in [-0.05, 0) is 49.1 Å². The number of nitrogens with one attached hydrogen (secondary N) is 1. The van der Waals surface area contributed by atoms with Crippen molar-refractivity contribution in [2.45, 2.75) is 26.4 Å². The molecule has 0 aliphatic heterocycles. The van der Waals surface area contributed by atoms with Gasteiger partial charge < -0.3 is 14.8 Å². The van der Waals surface area contributed by atoms with Crippen molar-refractivity contribution in [1.82, 2.24) is 4.98 Å². The summed E-state index contributed by atoms with van der Waals surface area (Å²) in [5.41, 5.74) is 2.58. The van der Waals surface area contributed by atoms with Crippen LogP contribution in [-0.2, 0) is 11.2 Å². The van der Waals surface area contributed by atoms with Crippen LogP contribution >= 0.6 is 11.6 Å². The zero-order valence-electron chi connectivity index (χ0n) is 20.6. The quantitative estimate of drug-likeness (QED) is 0.189. The molecule has 36 heavy (non-hydrogen) atoms. The van der Waals surface area contributed by atoms with E-state index < -0.39 is 5.82 Å². The van der Waals surface area contributed by atoms with Gasteiger partial charge in [0.05, 0.1) is 19.3 Å². The molecule has 0 aliphatic rings. The molecule has 0 atom stereocenters. The minimum absolute atomic E-state index is 0.128. The molecule has 3 N–H and O–H groups in total. The SMILES string of the molecule is COCCN(N)c1nc(Nc2ccc(OC(C)C)c(F)c2)c(Cc2ccc(Cl)cc2)c2ccccc12. The topological polar surface area (TPSA) is 72.6 Å². The van der Waals surface area contributed by atoms with E-state index in [0.29, 0.717) is 41.9 Å². The monoisotopic (exact) mass is 508 g/mol. The van der Waals surface area contributed by atoms with Gasteiger partial charge in [0, 0.05) is 41.3 Å². The molecule has 0 amide bonds. The lowest BCUT2D eigenvalue weighted by Gasteiger charge is -2.23. The normalized spacial score (nSPS) is 11.2. The second kappa shape index (κ2) is 11.6. The number of halogens is 2. The van der Waals surface area contributed by atoms with Crippen molar-refractivity contribution in [3.63, 3.8) is 0 Å². The zero-order chi connectivity index (χ0) is 25.7. The van der Waals surface area contributed by atoms with Crippen molar-refractivity contribution < 1.29 is 13.9 Å². The molecule has 0 radical (unpaired) electrons. The van der Waals surface area contributed by atoms with Crippen LogP contribution in [0.2, 0.25) is 5.02 Å². The van der Waals surface area contributed by atoms with Gasteiger partial charge in [0.2, 0.25) is 0 Å². The average molecular weight is 509 g/mol. The number of nitrogens with two attached hydrogens (primary N) is 1. The predicted molar refractivity (Wildman–Crippen MR) is 145 cm³/mol. The van der Waals surface area contributed by atoms with Crippen molar-refractivity contribution in [2.75, 3.05) is 30.6 Å². The highest BCUT2D eigenvalue weighted by atomic mass is 35.5. The second-order valence-corrected chi connectivity index (χ2v) is 9.17. The Labute approximate surface area is 215 Å². The largest absolute Gasteiger partial charge is 0.488 e. The number of hydrogen-bond acceptors (Lipinski definition) is 6. The van der Waals surface area contributed by atoms with Crippen LogP contribution in [0.4, 0.5) is 21.7 Å². The predicted octanol–water partition coefficient (Wildman–Crippen LogP) is 6.48. The molecule has 0 unspecified atom stereocenters. The smallest absolute Gasteiger partial charge is 0.167 e. The van der Waals surface area contributed by atoms with Gasteiger partial charge in [0.1, 0.15) is 5.82 Å². The molecule has 6 nitrogen and oxygen atoms in total. The first-order valence-corrected chi connectivity index (χ1v) is 12.1. The molecule has 4 rings (SSSR count). The maximum absolute atomic E-state index is 14.8. The number of benzene rings is 3. The Morgan fingerprint density at radius 1 is 1.06 bits per heavy atom. The molecule has 0 aliphatic carbocycles. The lowest BCUT2D eigenvalue weighted by Crippen LogP contribution is -2.35. The lowest BCUT2D eigenvalue weighted by atomic mass is 9.99. The number of pyridine rings is 1. The fourth-order valence-electron chi connectivity index (χ4n) is 3.97. The van der Waals surface area contributed by atoms with E-state index in [1.807, 2.05) is 62.4 Å². The molecular weight excluding hydrogens is 479 g/mol. The maximum atomic E-state index is 14.8. The minimum Gasteiger partial charge on any atom is -0.488 e. The summed E-state index contributed by atoms with van der Waals surface area (Å²) in [5.74, 6) is 7.34.